The first-order valence-electron chi connectivity index (χ1n) is 2.31. The molecule has 0 heterocycles. The Bertz CT molecular complexity index is 105. The van der Waals surface area contributed by atoms with E-state index in [1.165, 1.54) is 0 Å². The summed E-state index contributed by atoms with van der Waals surface area (Å²) in [5.41, 5.74) is 0. The third kappa shape index (κ3) is 7.57. The second-order valence-corrected chi connectivity index (χ2v) is 3.72. The first kappa shape index (κ1) is 8.57. The maximum Gasteiger partial charge on any atom is 0.493 e. The van der Waals surface area contributed by atoms with Crippen LogP contribution >= 0.6 is 0 Å². The molecule has 0 aromatic heterocycles. The lowest BCUT2D eigenvalue weighted by Gasteiger charge is -2.05. The van der Waals surface area contributed by atoms with Crippen LogP contribution in [0.1, 0.15) is 6.42 Å². The van der Waals surface area contributed by atoms with Gasteiger partial charge in [-0.3, -0.25) is 4.79 Å². The molecule has 0 radical (unpaired) electrons. The summed E-state index contributed by atoms with van der Waals surface area (Å²) in [5, 5.41) is 7.97. The lowest BCUT2D eigenvalue weighted by Crippen LogP contribution is -2.34. The summed E-state index contributed by atoms with van der Waals surface area (Å²) in [4.78, 5) is 34.5. The predicted octanol–water partition coefficient (Wildman–Crippen LogP) is -1.62. The lowest BCUT2D eigenvalue weighted by atomic mass is 10.5. The molecule has 0 aromatic rings. The van der Waals surface area contributed by atoms with E-state index in [-0.39, 0.29) is 0 Å². The number of carboxylic acid groups (broad SMARTS) is 1. The molecular weight excluding hydrogens is 144 g/mol. The van der Waals surface area contributed by atoms with E-state index in [2.05, 4.69) is 0 Å². The smallest absolute Gasteiger partial charge is 0.481 e. The number of hydrogen-bond acceptors (Lipinski definition) is 4. The van der Waals surface area contributed by atoms with E-state index in [1.807, 2.05) is 0 Å². The summed E-state index contributed by atoms with van der Waals surface area (Å²) in [6.07, 6.45) is -0.407. The lowest BCUT2D eigenvalue weighted by molar-refractivity contribution is -0.136. The van der Waals surface area contributed by atoms with E-state index in [0.717, 1.165) is 0 Å². The van der Waals surface area contributed by atoms with Crippen molar-refractivity contribution in [3.63, 3.8) is 0 Å². The molecule has 9 heavy (non-hydrogen) atoms. The number of hydrogen-bond donors (Lipinski definition) is 4. The van der Waals surface area contributed by atoms with Crippen LogP contribution in [-0.4, -0.2) is 34.3 Å². The second-order valence-electron chi connectivity index (χ2n) is 1.67. The normalized spacial score (nSPS) is 11.4. The van der Waals surface area contributed by atoms with Gasteiger partial charge in [-0.05, 0) is 0 Å². The Morgan fingerprint density at radius 3 is 1.89 bits per heavy atom. The number of carboxylic acids is 1. The van der Waals surface area contributed by atoms with Gasteiger partial charge in [-0.25, -0.2) is 0 Å². The van der Waals surface area contributed by atoms with Gasteiger partial charge in [0.1, 0.15) is 0 Å². The first-order valence-corrected chi connectivity index (χ1v) is 4.35. The molecule has 0 bridgehead atoms. The van der Waals surface area contributed by atoms with Crippen LogP contribution in [0.15, 0.2) is 0 Å². The van der Waals surface area contributed by atoms with Gasteiger partial charge in [0.2, 0.25) is 0 Å². The fourth-order valence-corrected chi connectivity index (χ4v) is 0.824. The van der Waals surface area contributed by atoms with E-state index in [1.54, 1.807) is 0 Å². The minimum Gasteiger partial charge on any atom is -0.481 e. The van der Waals surface area contributed by atoms with Gasteiger partial charge < -0.3 is 19.5 Å². The molecule has 0 fully saturated rings. The zero-order valence-corrected chi connectivity index (χ0v) is 5.61. The first-order chi connectivity index (χ1) is 3.92. The summed E-state index contributed by atoms with van der Waals surface area (Å²) in [7, 11) is -4.10. The Morgan fingerprint density at radius 1 is 1.33 bits per heavy atom. The highest BCUT2D eigenvalue weighted by molar-refractivity contribution is 6.56. The van der Waals surface area contributed by atoms with Gasteiger partial charge in [0.15, 0.2) is 0 Å². The SMILES string of the molecule is O=C(O)CC[Si](O)(O)O. The maximum atomic E-state index is 9.73. The van der Waals surface area contributed by atoms with Gasteiger partial charge in [0.05, 0.1) is 0 Å². The minimum atomic E-state index is -4.10. The highest BCUT2D eigenvalue weighted by Gasteiger charge is 2.27. The quantitative estimate of drug-likeness (QED) is 0.364. The van der Waals surface area contributed by atoms with Crippen molar-refractivity contribution in [1.29, 1.82) is 0 Å². The molecule has 0 aliphatic rings. The molecule has 0 saturated carbocycles. The van der Waals surface area contributed by atoms with Crippen molar-refractivity contribution in [2.75, 3.05) is 0 Å². The third-order valence-corrected chi connectivity index (χ3v) is 1.60. The molecule has 0 spiro atoms. The monoisotopic (exact) mass is 152 g/mol. The van der Waals surface area contributed by atoms with Crippen LogP contribution < -0.4 is 0 Å². The van der Waals surface area contributed by atoms with Crippen molar-refractivity contribution in [3.8, 4) is 0 Å². The Morgan fingerprint density at radius 2 is 1.78 bits per heavy atom. The van der Waals surface area contributed by atoms with Crippen molar-refractivity contribution in [2.45, 2.75) is 12.5 Å². The van der Waals surface area contributed by atoms with Crippen LogP contribution in [-0.2, 0) is 4.79 Å². The molecule has 0 aromatic carbocycles. The zero-order valence-electron chi connectivity index (χ0n) is 4.61. The number of carbonyl (C=O) groups is 1. The van der Waals surface area contributed by atoms with Gasteiger partial charge in [0, 0.05) is 12.5 Å². The van der Waals surface area contributed by atoms with Crippen LogP contribution in [0.2, 0.25) is 6.04 Å². The van der Waals surface area contributed by atoms with Gasteiger partial charge in [-0.1, -0.05) is 0 Å². The van der Waals surface area contributed by atoms with Crippen molar-refractivity contribution in [1.82, 2.24) is 0 Å². The zero-order chi connectivity index (χ0) is 7.49. The molecule has 0 aliphatic heterocycles. The molecule has 4 N–H and O–H groups in total. The molecule has 5 nitrogen and oxygen atoms in total. The summed E-state index contributed by atoms with van der Waals surface area (Å²) < 4.78 is 0. The summed E-state index contributed by atoms with van der Waals surface area (Å²) >= 11 is 0. The fraction of sp³-hybridized carbons (Fsp3) is 0.667. The predicted molar refractivity (Wildman–Crippen MR) is 29.5 cm³/mol. The standard InChI is InChI=1S/C3H8O5Si/c4-3(5)1-2-9(6,7)8/h6-8H,1-2H2,(H,4,5). The van der Waals surface area contributed by atoms with Crippen LogP contribution in [0.4, 0.5) is 0 Å². The second kappa shape index (κ2) is 2.92. The molecule has 0 atom stereocenters. The Labute approximate surface area is 52.6 Å². The summed E-state index contributed by atoms with van der Waals surface area (Å²) in [6.45, 7) is 0. The molecule has 0 unspecified atom stereocenters. The van der Waals surface area contributed by atoms with Crippen molar-refractivity contribution in [2.24, 2.45) is 0 Å². The van der Waals surface area contributed by atoms with Gasteiger partial charge in [-0.15, -0.1) is 0 Å². The average molecular weight is 152 g/mol. The van der Waals surface area contributed by atoms with Crippen molar-refractivity contribution < 1.29 is 24.3 Å². The highest BCUT2D eigenvalue weighted by Crippen LogP contribution is 1.99. The van der Waals surface area contributed by atoms with E-state index >= 15 is 0 Å². The third-order valence-electron chi connectivity index (χ3n) is 0.674. The Balaban J connectivity index is 3.39. The number of aliphatic carboxylic acids is 1. The van der Waals surface area contributed by atoms with Crippen LogP contribution in [0.5, 0.6) is 0 Å². The van der Waals surface area contributed by atoms with E-state index < -0.39 is 27.2 Å². The van der Waals surface area contributed by atoms with Gasteiger partial charge >= 0.3 is 14.8 Å². The van der Waals surface area contributed by atoms with Crippen molar-refractivity contribution in [3.05, 3.63) is 0 Å². The molecule has 0 saturated heterocycles. The van der Waals surface area contributed by atoms with Crippen molar-refractivity contribution >= 4 is 14.8 Å². The van der Waals surface area contributed by atoms with Gasteiger partial charge in [-0.2, -0.15) is 0 Å². The van der Waals surface area contributed by atoms with E-state index in [9.17, 15) is 4.79 Å². The molecule has 0 aliphatic carbocycles. The minimum absolute atomic E-state index is 0.407. The van der Waals surface area contributed by atoms with Crippen LogP contribution in [0, 0.1) is 0 Å². The van der Waals surface area contributed by atoms with Gasteiger partial charge in [0.25, 0.3) is 0 Å². The molecular formula is C3H8O5Si. The van der Waals surface area contributed by atoms with Crippen LogP contribution in [0.25, 0.3) is 0 Å². The summed E-state index contributed by atoms with van der Waals surface area (Å²) in [6, 6.07) is -0.442. The molecule has 0 rings (SSSR count). The Kier molecular flexibility index (Phi) is 2.78. The molecule has 54 valence electrons. The molecule has 6 heteroatoms. The fourth-order valence-electron chi connectivity index (χ4n) is 0.275. The van der Waals surface area contributed by atoms with E-state index in [0.29, 0.717) is 0 Å². The summed E-state index contributed by atoms with van der Waals surface area (Å²) in [5.74, 6) is -1.15. The Hall–Kier alpha value is -0.433. The van der Waals surface area contributed by atoms with E-state index in [4.69, 9.17) is 19.5 Å². The topological polar surface area (TPSA) is 98.0 Å². The maximum absolute atomic E-state index is 9.73. The highest BCUT2D eigenvalue weighted by atomic mass is 28.4. The largest absolute Gasteiger partial charge is 0.493 e. The molecule has 0 amide bonds. The number of rotatable bonds is 3. The van der Waals surface area contributed by atoms with Crippen LogP contribution in [0.3, 0.4) is 0 Å². The average Bonchev–Trinajstić information content (AvgIpc) is 1.59.